The van der Waals surface area contributed by atoms with E-state index in [4.69, 9.17) is 16.1 Å². The average molecular weight is 356 g/mol. The zero-order valence-electron chi connectivity index (χ0n) is 11.9. The van der Waals surface area contributed by atoms with E-state index in [2.05, 4.69) is 10.1 Å². The Balaban J connectivity index is 1.91. The van der Waals surface area contributed by atoms with Gasteiger partial charge >= 0.3 is 6.18 Å². The lowest BCUT2D eigenvalue weighted by molar-refractivity contribution is -0.138. The molecule has 5 nitrogen and oxygen atoms in total. The third kappa shape index (κ3) is 3.33. The van der Waals surface area contributed by atoms with E-state index in [1.165, 1.54) is 0 Å². The SMILES string of the molecule is O=c1ccc(C(F)(F)F)cn1Cc1nc(-c2ccccc2Cl)no1. The molecular formula is C15H9ClF3N3O2. The molecule has 0 aliphatic carbocycles. The van der Waals surface area contributed by atoms with Crippen LogP contribution in [0.3, 0.4) is 0 Å². The highest BCUT2D eigenvalue weighted by Gasteiger charge is 2.31. The molecule has 2 heterocycles. The van der Waals surface area contributed by atoms with Gasteiger partial charge in [0.2, 0.25) is 11.7 Å². The molecule has 0 atom stereocenters. The standard InChI is InChI=1S/C15H9ClF3N3O2/c16-11-4-2-1-3-10(11)14-20-12(24-21-14)8-22-7-9(15(17,18)19)5-6-13(22)23/h1-7H,8H2. The Morgan fingerprint density at radius 1 is 1.17 bits per heavy atom. The third-order valence-corrected chi connectivity index (χ3v) is 3.53. The quantitative estimate of drug-likeness (QED) is 0.720. The first-order valence-electron chi connectivity index (χ1n) is 6.70. The highest BCUT2D eigenvalue weighted by molar-refractivity contribution is 6.33. The summed E-state index contributed by atoms with van der Waals surface area (Å²) in [6, 6.07) is 8.34. The number of nitrogens with zero attached hydrogens (tertiary/aromatic N) is 3. The van der Waals surface area contributed by atoms with Gasteiger partial charge in [-0.3, -0.25) is 4.79 Å². The molecule has 0 saturated heterocycles. The van der Waals surface area contributed by atoms with Crippen LogP contribution in [0, 0.1) is 0 Å². The lowest BCUT2D eigenvalue weighted by Crippen LogP contribution is -2.22. The summed E-state index contributed by atoms with van der Waals surface area (Å²) in [6.45, 7) is -0.278. The summed E-state index contributed by atoms with van der Waals surface area (Å²) in [5.41, 5.74) is -1.03. The van der Waals surface area contributed by atoms with Gasteiger partial charge in [0.15, 0.2) is 0 Å². The van der Waals surface area contributed by atoms with Crippen LogP contribution >= 0.6 is 11.6 Å². The Morgan fingerprint density at radius 2 is 1.92 bits per heavy atom. The molecule has 3 rings (SSSR count). The molecule has 0 radical (unpaired) electrons. The van der Waals surface area contributed by atoms with Crippen molar-refractivity contribution >= 4 is 11.6 Å². The van der Waals surface area contributed by atoms with Crippen LogP contribution in [0.1, 0.15) is 11.5 Å². The summed E-state index contributed by atoms with van der Waals surface area (Å²) in [7, 11) is 0. The first-order chi connectivity index (χ1) is 11.3. The minimum Gasteiger partial charge on any atom is -0.337 e. The molecule has 124 valence electrons. The monoisotopic (exact) mass is 355 g/mol. The van der Waals surface area contributed by atoms with Gasteiger partial charge in [0.05, 0.1) is 10.6 Å². The summed E-state index contributed by atoms with van der Waals surface area (Å²) >= 11 is 6.02. The van der Waals surface area contributed by atoms with Gasteiger partial charge in [0.25, 0.3) is 5.56 Å². The van der Waals surface area contributed by atoms with Gasteiger partial charge in [0.1, 0.15) is 6.54 Å². The van der Waals surface area contributed by atoms with E-state index in [0.717, 1.165) is 16.7 Å². The summed E-state index contributed by atoms with van der Waals surface area (Å²) in [6.07, 6.45) is -3.84. The molecule has 2 aromatic heterocycles. The van der Waals surface area contributed by atoms with Crippen molar-refractivity contribution in [2.45, 2.75) is 12.7 Å². The van der Waals surface area contributed by atoms with Gasteiger partial charge in [0, 0.05) is 17.8 Å². The number of pyridine rings is 1. The number of aromatic nitrogens is 3. The largest absolute Gasteiger partial charge is 0.417 e. The van der Waals surface area contributed by atoms with E-state index in [9.17, 15) is 18.0 Å². The van der Waals surface area contributed by atoms with Crippen LogP contribution in [0.25, 0.3) is 11.4 Å². The van der Waals surface area contributed by atoms with E-state index in [1.54, 1.807) is 24.3 Å². The second-order valence-corrected chi connectivity index (χ2v) is 5.28. The normalized spacial score (nSPS) is 11.7. The van der Waals surface area contributed by atoms with Crippen molar-refractivity contribution in [1.82, 2.24) is 14.7 Å². The van der Waals surface area contributed by atoms with E-state index in [1.807, 2.05) is 0 Å². The van der Waals surface area contributed by atoms with Crippen molar-refractivity contribution in [3.63, 3.8) is 0 Å². The van der Waals surface area contributed by atoms with Gasteiger partial charge < -0.3 is 9.09 Å². The fourth-order valence-electron chi connectivity index (χ4n) is 2.04. The summed E-state index contributed by atoms with van der Waals surface area (Å²) in [5, 5.41) is 4.14. The van der Waals surface area contributed by atoms with Gasteiger partial charge in [-0.1, -0.05) is 28.9 Å². The van der Waals surface area contributed by atoms with E-state index >= 15 is 0 Å². The number of benzene rings is 1. The molecule has 0 saturated carbocycles. The van der Waals surface area contributed by atoms with Crippen molar-refractivity contribution in [2.75, 3.05) is 0 Å². The molecule has 0 unspecified atom stereocenters. The van der Waals surface area contributed by atoms with Crippen LogP contribution < -0.4 is 5.56 Å². The van der Waals surface area contributed by atoms with Crippen LogP contribution in [0.5, 0.6) is 0 Å². The van der Waals surface area contributed by atoms with Crippen LogP contribution in [0.15, 0.2) is 51.9 Å². The van der Waals surface area contributed by atoms with Crippen molar-refractivity contribution < 1.29 is 17.7 Å². The van der Waals surface area contributed by atoms with Crippen LogP contribution in [0.4, 0.5) is 13.2 Å². The molecule has 24 heavy (non-hydrogen) atoms. The van der Waals surface area contributed by atoms with Crippen molar-refractivity contribution in [3.05, 3.63) is 69.4 Å². The number of hydrogen-bond donors (Lipinski definition) is 0. The minimum atomic E-state index is -4.55. The maximum Gasteiger partial charge on any atom is 0.417 e. The highest BCUT2D eigenvalue weighted by Crippen LogP contribution is 2.28. The fourth-order valence-corrected chi connectivity index (χ4v) is 2.26. The second-order valence-electron chi connectivity index (χ2n) is 4.87. The molecule has 0 spiro atoms. The molecule has 0 N–H and O–H groups in total. The molecule has 0 bridgehead atoms. The van der Waals surface area contributed by atoms with Crippen LogP contribution in [-0.2, 0) is 12.7 Å². The van der Waals surface area contributed by atoms with Crippen LogP contribution in [0.2, 0.25) is 5.02 Å². The van der Waals surface area contributed by atoms with Crippen molar-refractivity contribution in [1.29, 1.82) is 0 Å². The van der Waals surface area contributed by atoms with Gasteiger partial charge in [-0.15, -0.1) is 0 Å². The third-order valence-electron chi connectivity index (χ3n) is 3.20. The molecule has 3 aromatic rings. The predicted octanol–water partition coefficient (Wildman–Crippen LogP) is 3.62. The lowest BCUT2D eigenvalue weighted by Gasteiger charge is -2.08. The Bertz CT molecular complexity index is 934. The van der Waals surface area contributed by atoms with E-state index in [-0.39, 0.29) is 18.3 Å². The second kappa shape index (κ2) is 6.12. The first-order valence-corrected chi connectivity index (χ1v) is 7.07. The Morgan fingerprint density at radius 3 is 2.62 bits per heavy atom. The van der Waals surface area contributed by atoms with E-state index in [0.29, 0.717) is 16.8 Å². The molecular weight excluding hydrogens is 347 g/mol. The zero-order valence-corrected chi connectivity index (χ0v) is 12.7. The van der Waals surface area contributed by atoms with Crippen molar-refractivity contribution in [3.8, 4) is 11.4 Å². The highest BCUT2D eigenvalue weighted by atomic mass is 35.5. The number of halogens is 4. The topological polar surface area (TPSA) is 60.9 Å². The maximum atomic E-state index is 12.7. The first kappa shape index (κ1) is 16.3. The summed E-state index contributed by atoms with van der Waals surface area (Å²) in [5.74, 6) is 0.182. The molecule has 0 aliphatic rings. The van der Waals surface area contributed by atoms with Gasteiger partial charge in [-0.05, 0) is 18.2 Å². The maximum absolute atomic E-state index is 12.7. The van der Waals surface area contributed by atoms with Gasteiger partial charge in [-0.2, -0.15) is 18.2 Å². The summed E-state index contributed by atoms with van der Waals surface area (Å²) < 4.78 is 44.0. The van der Waals surface area contributed by atoms with Crippen molar-refractivity contribution in [2.24, 2.45) is 0 Å². The van der Waals surface area contributed by atoms with Crippen LogP contribution in [-0.4, -0.2) is 14.7 Å². The number of alkyl halides is 3. The average Bonchev–Trinajstić information content (AvgIpc) is 2.97. The molecule has 0 fully saturated rings. The number of hydrogen-bond acceptors (Lipinski definition) is 4. The van der Waals surface area contributed by atoms with Gasteiger partial charge in [-0.25, -0.2) is 0 Å². The Labute approximate surface area is 138 Å². The molecule has 9 heteroatoms. The molecule has 0 aliphatic heterocycles. The Kier molecular flexibility index (Phi) is 4.15. The summed E-state index contributed by atoms with van der Waals surface area (Å²) in [4.78, 5) is 15.8. The Hall–Kier alpha value is -2.61. The van der Waals surface area contributed by atoms with E-state index < -0.39 is 17.3 Å². The fraction of sp³-hybridized carbons (Fsp3) is 0.133. The predicted molar refractivity (Wildman–Crippen MR) is 79.6 cm³/mol. The minimum absolute atomic E-state index is 0.00801. The lowest BCUT2D eigenvalue weighted by atomic mass is 10.2. The zero-order chi connectivity index (χ0) is 17.3. The smallest absolute Gasteiger partial charge is 0.337 e. The molecule has 0 amide bonds. The number of rotatable bonds is 3. The molecule has 1 aromatic carbocycles.